The summed E-state index contributed by atoms with van der Waals surface area (Å²) in [5.74, 6) is 0.643. The van der Waals surface area contributed by atoms with E-state index in [-0.39, 0.29) is 16.5 Å². The molecule has 1 amide bonds. The lowest BCUT2D eigenvalue weighted by Crippen LogP contribution is -2.16. The monoisotopic (exact) mass is 479 g/mol. The number of ether oxygens (including phenoxy) is 1. The molecule has 2 heterocycles. The predicted molar refractivity (Wildman–Crippen MR) is 125 cm³/mol. The summed E-state index contributed by atoms with van der Waals surface area (Å²) in [5.41, 5.74) is 1.85. The third-order valence-electron chi connectivity index (χ3n) is 4.64. The first-order chi connectivity index (χ1) is 16.3. The highest BCUT2D eigenvalue weighted by Crippen LogP contribution is 2.24. The molecule has 11 heteroatoms. The number of sulfonamides is 1. The fourth-order valence-electron chi connectivity index (χ4n) is 2.99. The van der Waals surface area contributed by atoms with Gasteiger partial charge in [-0.05, 0) is 68.4 Å². The van der Waals surface area contributed by atoms with E-state index < -0.39 is 15.9 Å². The number of aromatic nitrogens is 3. The van der Waals surface area contributed by atoms with Crippen LogP contribution >= 0.6 is 0 Å². The fourth-order valence-corrected chi connectivity index (χ4v) is 3.94. The van der Waals surface area contributed by atoms with Gasteiger partial charge in [0, 0.05) is 29.2 Å². The molecule has 2 aromatic carbocycles. The van der Waals surface area contributed by atoms with Crippen LogP contribution in [0.15, 0.2) is 76.3 Å². The van der Waals surface area contributed by atoms with Crippen molar-refractivity contribution in [1.82, 2.24) is 15.1 Å². The Labute approximate surface area is 196 Å². The van der Waals surface area contributed by atoms with Crippen LogP contribution in [0.2, 0.25) is 0 Å². The van der Waals surface area contributed by atoms with Crippen LogP contribution in [0, 0.1) is 6.92 Å². The van der Waals surface area contributed by atoms with Gasteiger partial charge in [-0.1, -0.05) is 5.16 Å². The van der Waals surface area contributed by atoms with Crippen LogP contribution in [0.4, 0.5) is 11.6 Å². The molecule has 34 heavy (non-hydrogen) atoms. The molecule has 0 spiro atoms. The molecule has 0 aliphatic carbocycles. The summed E-state index contributed by atoms with van der Waals surface area (Å²) >= 11 is 0. The highest BCUT2D eigenvalue weighted by molar-refractivity contribution is 7.92. The molecule has 0 atom stereocenters. The summed E-state index contributed by atoms with van der Waals surface area (Å²) < 4.78 is 38.1. The molecule has 0 fully saturated rings. The van der Waals surface area contributed by atoms with Crippen molar-refractivity contribution in [3.05, 3.63) is 78.2 Å². The Morgan fingerprint density at radius 1 is 1.06 bits per heavy atom. The van der Waals surface area contributed by atoms with E-state index in [1.807, 2.05) is 19.1 Å². The molecule has 0 aliphatic rings. The topological polar surface area (TPSA) is 136 Å². The molecule has 4 rings (SSSR count). The van der Waals surface area contributed by atoms with E-state index in [1.54, 1.807) is 25.1 Å². The Morgan fingerprint density at radius 3 is 2.47 bits per heavy atom. The Morgan fingerprint density at radius 2 is 1.79 bits per heavy atom. The van der Waals surface area contributed by atoms with Crippen molar-refractivity contribution >= 4 is 27.6 Å². The van der Waals surface area contributed by atoms with Gasteiger partial charge in [0.25, 0.3) is 15.9 Å². The number of nitrogens with zero attached hydrogens (tertiary/aromatic N) is 3. The van der Waals surface area contributed by atoms with Crippen molar-refractivity contribution < 1.29 is 22.5 Å². The van der Waals surface area contributed by atoms with E-state index in [1.165, 1.54) is 36.5 Å². The number of anilines is 2. The van der Waals surface area contributed by atoms with Crippen molar-refractivity contribution in [2.45, 2.75) is 18.7 Å². The van der Waals surface area contributed by atoms with Gasteiger partial charge in [0.05, 0.1) is 11.5 Å². The van der Waals surface area contributed by atoms with Crippen LogP contribution < -0.4 is 14.8 Å². The van der Waals surface area contributed by atoms with Crippen LogP contribution in [0.3, 0.4) is 0 Å². The predicted octanol–water partition coefficient (Wildman–Crippen LogP) is 3.89. The molecule has 174 valence electrons. The minimum atomic E-state index is -3.89. The summed E-state index contributed by atoms with van der Waals surface area (Å²) in [5, 5.41) is 6.48. The van der Waals surface area contributed by atoms with E-state index in [9.17, 15) is 13.2 Å². The Kier molecular flexibility index (Phi) is 6.55. The van der Waals surface area contributed by atoms with Gasteiger partial charge in [-0.15, -0.1) is 0 Å². The van der Waals surface area contributed by atoms with Gasteiger partial charge >= 0.3 is 0 Å². The Balaban J connectivity index is 1.42. The second-order valence-electron chi connectivity index (χ2n) is 7.14. The van der Waals surface area contributed by atoms with Gasteiger partial charge in [-0.2, -0.15) is 0 Å². The van der Waals surface area contributed by atoms with Crippen LogP contribution in [-0.4, -0.2) is 36.1 Å². The average Bonchev–Trinajstić information content (AvgIpc) is 3.30. The van der Waals surface area contributed by atoms with Crippen molar-refractivity contribution in [2.75, 3.05) is 16.6 Å². The second kappa shape index (κ2) is 9.71. The van der Waals surface area contributed by atoms with Crippen LogP contribution in [-0.2, 0) is 10.0 Å². The molecule has 0 unspecified atom stereocenters. The Bertz CT molecular complexity index is 1400. The number of amides is 1. The van der Waals surface area contributed by atoms with Crippen molar-refractivity contribution in [2.24, 2.45) is 0 Å². The first kappa shape index (κ1) is 22.9. The van der Waals surface area contributed by atoms with Gasteiger partial charge in [-0.25, -0.2) is 23.1 Å². The van der Waals surface area contributed by atoms with Crippen molar-refractivity contribution in [3.63, 3.8) is 0 Å². The summed E-state index contributed by atoms with van der Waals surface area (Å²) in [6, 6.07) is 16.1. The zero-order valence-corrected chi connectivity index (χ0v) is 19.2. The minimum absolute atomic E-state index is 0.00479. The summed E-state index contributed by atoms with van der Waals surface area (Å²) in [6.45, 7) is 4.20. The number of carbonyl (C=O) groups excluding carboxylic acids is 1. The fraction of sp³-hybridized carbons (Fsp3) is 0.130. The quantitative estimate of drug-likeness (QED) is 0.388. The molecule has 0 aliphatic heterocycles. The van der Waals surface area contributed by atoms with Crippen LogP contribution in [0.1, 0.15) is 23.1 Å². The molecule has 2 N–H and O–H groups in total. The zero-order chi connectivity index (χ0) is 24.1. The standard InChI is InChI=1S/C23H21N5O5S/c1-3-32-18-8-4-16(5-9-18)21-14-20(27-33-21)22(29)26-17-6-10-19(11-7-17)34(30,31)28-23-24-13-12-15(2)25-23/h4-14H,3H2,1-2H3,(H,26,29)(H,24,25,28). The summed E-state index contributed by atoms with van der Waals surface area (Å²) in [4.78, 5) is 20.5. The Hall–Kier alpha value is -4.25. The molecular weight excluding hydrogens is 458 g/mol. The largest absolute Gasteiger partial charge is 0.494 e. The van der Waals surface area contributed by atoms with Gasteiger partial charge in [0.2, 0.25) is 5.95 Å². The maximum Gasteiger partial charge on any atom is 0.277 e. The van der Waals surface area contributed by atoms with E-state index >= 15 is 0 Å². The summed E-state index contributed by atoms with van der Waals surface area (Å²) in [7, 11) is -3.89. The number of hydrogen-bond donors (Lipinski definition) is 2. The molecule has 10 nitrogen and oxygen atoms in total. The number of rotatable bonds is 8. The number of carbonyl (C=O) groups is 1. The first-order valence-corrected chi connectivity index (χ1v) is 11.8. The lowest BCUT2D eigenvalue weighted by molar-refractivity contribution is 0.101. The molecule has 0 saturated carbocycles. The highest BCUT2D eigenvalue weighted by atomic mass is 32.2. The SMILES string of the molecule is CCOc1ccc(-c2cc(C(=O)Nc3ccc(S(=O)(=O)Nc4nccc(C)n4)cc3)no2)cc1. The molecular formula is C23H21N5O5S. The normalized spacial score (nSPS) is 11.1. The first-order valence-electron chi connectivity index (χ1n) is 10.3. The number of hydrogen-bond acceptors (Lipinski definition) is 8. The maximum absolute atomic E-state index is 12.6. The van der Waals surface area contributed by atoms with E-state index in [4.69, 9.17) is 9.26 Å². The van der Waals surface area contributed by atoms with E-state index in [0.29, 0.717) is 23.7 Å². The molecule has 0 radical (unpaired) electrons. The lowest BCUT2D eigenvalue weighted by Gasteiger charge is -2.08. The minimum Gasteiger partial charge on any atom is -0.494 e. The number of aryl methyl sites for hydroxylation is 1. The van der Waals surface area contributed by atoms with Gasteiger partial charge in [0.15, 0.2) is 11.5 Å². The molecule has 2 aromatic heterocycles. The zero-order valence-electron chi connectivity index (χ0n) is 18.3. The lowest BCUT2D eigenvalue weighted by atomic mass is 10.1. The van der Waals surface area contributed by atoms with E-state index in [0.717, 1.165) is 11.3 Å². The summed E-state index contributed by atoms with van der Waals surface area (Å²) in [6.07, 6.45) is 1.46. The van der Waals surface area contributed by atoms with Crippen molar-refractivity contribution in [1.29, 1.82) is 0 Å². The van der Waals surface area contributed by atoms with Gasteiger partial charge in [-0.3, -0.25) is 4.79 Å². The van der Waals surface area contributed by atoms with Crippen molar-refractivity contribution in [3.8, 4) is 17.1 Å². The molecule has 0 bridgehead atoms. The maximum atomic E-state index is 12.6. The molecule has 4 aromatic rings. The third kappa shape index (κ3) is 5.38. The second-order valence-corrected chi connectivity index (χ2v) is 8.82. The van der Waals surface area contributed by atoms with Gasteiger partial charge < -0.3 is 14.6 Å². The highest BCUT2D eigenvalue weighted by Gasteiger charge is 2.17. The third-order valence-corrected chi connectivity index (χ3v) is 5.98. The van der Waals surface area contributed by atoms with Crippen LogP contribution in [0.25, 0.3) is 11.3 Å². The number of benzene rings is 2. The number of nitrogens with one attached hydrogen (secondary N) is 2. The average molecular weight is 480 g/mol. The molecule has 0 saturated heterocycles. The van der Waals surface area contributed by atoms with Gasteiger partial charge in [0.1, 0.15) is 5.75 Å². The van der Waals surface area contributed by atoms with E-state index in [2.05, 4.69) is 25.2 Å². The smallest absolute Gasteiger partial charge is 0.277 e. The van der Waals surface area contributed by atoms with Crippen LogP contribution in [0.5, 0.6) is 5.75 Å².